The van der Waals surface area contributed by atoms with Gasteiger partial charge in [-0.25, -0.2) is 0 Å². The summed E-state index contributed by atoms with van der Waals surface area (Å²) < 4.78 is 8.41. The summed E-state index contributed by atoms with van der Waals surface area (Å²) in [6.07, 6.45) is 2.56. The second-order valence-corrected chi connectivity index (χ2v) is 32.5. The predicted molar refractivity (Wildman–Crippen MR) is 47.5 cm³/mol. The van der Waals surface area contributed by atoms with E-state index in [1.54, 1.807) is 7.22 Å². The van der Waals surface area contributed by atoms with Crippen molar-refractivity contribution in [3.8, 4) is 0 Å². The van der Waals surface area contributed by atoms with E-state index in [0.717, 1.165) is 13.2 Å². The molecule has 0 N–H and O–H groups in total. The van der Waals surface area contributed by atoms with Crippen LogP contribution in [0.15, 0.2) is 0 Å². The van der Waals surface area contributed by atoms with Gasteiger partial charge in [0.25, 0.3) is 0 Å². The molecule has 12 heavy (non-hydrogen) atoms. The quantitative estimate of drug-likeness (QED) is 0.466. The normalized spacial score (nSPS) is 13.5. The topological polar surface area (TPSA) is 9.23 Å². The molecule has 0 amide bonds. The summed E-state index contributed by atoms with van der Waals surface area (Å²) >= 11 is 7.28. The van der Waals surface area contributed by atoms with E-state index in [1.807, 2.05) is 0 Å². The summed E-state index contributed by atoms with van der Waals surface area (Å²) in [6.45, 7) is 2.00. The van der Waals surface area contributed by atoms with Gasteiger partial charge in [-0.1, -0.05) is 0 Å². The molecule has 0 unspecified atom stereocenters. The van der Waals surface area contributed by atoms with Gasteiger partial charge >= 0.3 is 81.9 Å². The fourth-order valence-corrected chi connectivity index (χ4v) is 51.8. The van der Waals surface area contributed by atoms with E-state index >= 15 is 0 Å². The zero-order valence-corrected chi connectivity index (χ0v) is 19.6. The van der Waals surface area contributed by atoms with Crippen molar-refractivity contribution in [2.75, 3.05) is 13.2 Å². The van der Waals surface area contributed by atoms with Gasteiger partial charge in [-0.15, -0.1) is 0 Å². The first-order valence-corrected chi connectivity index (χ1v) is 26.9. The molecule has 0 aromatic heterocycles. The van der Waals surface area contributed by atoms with E-state index in [0.29, 0.717) is 0 Å². The van der Waals surface area contributed by atoms with Crippen molar-refractivity contribution < 1.29 is 52.2 Å². The van der Waals surface area contributed by atoms with Crippen LogP contribution in [0.4, 0.5) is 0 Å². The van der Waals surface area contributed by atoms with Crippen LogP contribution < -0.4 is 0 Å². The Morgan fingerprint density at radius 2 is 1.50 bits per heavy atom. The monoisotopic (exact) mass is 450 g/mol. The van der Waals surface area contributed by atoms with Gasteiger partial charge in [0, 0.05) is 13.2 Å². The third kappa shape index (κ3) is 12.8. The fourth-order valence-electron chi connectivity index (χ4n) is 0.876. The van der Waals surface area contributed by atoms with Crippen LogP contribution in [0.5, 0.6) is 0 Å². The molecule has 1 saturated heterocycles. The van der Waals surface area contributed by atoms with Gasteiger partial charge in [0.15, 0.2) is 0 Å². The molecule has 0 atom stereocenters. The molecule has 1 aliphatic heterocycles. The fraction of sp³-hybridized carbons (Fsp3) is 1.00. The van der Waals surface area contributed by atoms with Gasteiger partial charge < -0.3 is 4.74 Å². The second-order valence-electron chi connectivity index (χ2n) is 2.76. The average Bonchev–Trinajstić information content (AvgIpc) is 2.62. The van der Waals surface area contributed by atoms with Crippen LogP contribution in [-0.2, 0) is 52.2 Å². The third-order valence-corrected chi connectivity index (χ3v) is 51.8. The van der Waals surface area contributed by atoms with E-state index in [9.17, 15) is 0 Å². The molecule has 1 nitrogen and oxygen atoms in total. The Hall–Kier alpha value is 2.79. The Kier molecular flexibility index (Phi) is 17.0. The number of hydrogen-bond donors (Lipinski definition) is 0. The molecule has 0 aromatic carbocycles. The van der Waals surface area contributed by atoms with Gasteiger partial charge in [-0.05, 0) is 12.8 Å². The van der Waals surface area contributed by atoms with Crippen LogP contribution in [0.2, 0.25) is 7.22 Å². The van der Waals surface area contributed by atoms with Crippen molar-refractivity contribution >= 4 is 27.2 Å². The van der Waals surface area contributed by atoms with Crippen molar-refractivity contribution in [3.05, 3.63) is 0 Å². The zero-order valence-electron chi connectivity index (χ0n) is 7.53. The van der Waals surface area contributed by atoms with E-state index in [2.05, 4.69) is 27.2 Å². The predicted octanol–water partition coefficient (Wildman–Crippen LogP) is 3.40. The van der Waals surface area contributed by atoms with E-state index in [-0.39, 0.29) is 47.5 Å². The molecular weight excluding hydrogens is 444 g/mol. The summed E-state index contributed by atoms with van der Waals surface area (Å²) in [5.41, 5.74) is 0. The van der Waals surface area contributed by atoms with Crippen molar-refractivity contribution in [2.45, 2.75) is 20.1 Å². The number of hydrogen-bond acceptors (Lipinski definition) is 1. The summed E-state index contributed by atoms with van der Waals surface area (Å²) in [5.74, 6) is 0. The Morgan fingerprint density at radius 3 is 1.75 bits per heavy atom. The van der Waals surface area contributed by atoms with Crippen molar-refractivity contribution in [3.63, 3.8) is 0 Å². The first-order chi connectivity index (χ1) is 5.91. The summed E-state index contributed by atoms with van der Waals surface area (Å²) in [7, 11) is 0. The van der Waals surface area contributed by atoms with Crippen LogP contribution in [0.25, 0.3) is 0 Å². The Balaban J connectivity index is 0.000000211. The molecule has 6 heteroatoms. The van der Waals surface area contributed by atoms with Crippen LogP contribution in [0.3, 0.4) is 0 Å². The Bertz CT molecular complexity index is 71.6. The minimum atomic E-state index is -0.0399. The van der Waals surface area contributed by atoms with Crippen LogP contribution in [0, 0.1) is 0 Å². The third-order valence-electron chi connectivity index (χ3n) is 1.59. The Labute approximate surface area is 111 Å². The first kappa shape index (κ1) is 14.8. The summed E-state index contributed by atoms with van der Waals surface area (Å²) in [4.78, 5) is 0. The molecular formula is C6H12Br2OZn3. The number of rotatable bonds is 4. The van der Waals surface area contributed by atoms with Gasteiger partial charge in [0.1, 0.15) is 0 Å². The van der Waals surface area contributed by atoms with Crippen LogP contribution in [-0.4, -0.2) is 13.2 Å². The van der Waals surface area contributed by atoms with Gasteiger partial charge in [-0.3, -0.25) is 0 Å². The molecule has 1 rings (SSSR count). The van der Waals surface area contributed by atoms with Gasteiger partial charge in [0.2, 0.25) is 0 Å². The maximum absolute atomic E-state index is 4.94. The molecule has 0 saturated carbocycles. The number of ether oxygens (including phenoxy) is 1. The van der Waals surface area contributed by atoms with Crippen LogP contribution in [0.1, 0.15) is 12.8 Å². The second kappa shape index (κ2) is 13.8. The molecule has 1 heterocycles. The van der Waals surface area contributed by atoms with Crippen molar-refractivity contribution in [1.29, 1.82) is 0 Å². The summed E-state index contributed by atoms with van der Waals surface area (Å²) in [6, 6.07) is 0. The van der Waals surface area contributed by atoms with E-state index in [4.69, 9.17) is 4.74 Å². The van der Waals surface area contributed by atoms with Crippen LogP contribution >= 0.6 is 27.2 Å². The van der Waals surface area contributed by atoms with E-state index < -0.39 is 0 Å². The first-order valence-electron chi connectivity index (χ1n) is 4.61. The van der Waals surface area contributed by atoms with Gasteiger partial charge in [0.05, 0.1) is 0 Å². The van der Waals surface area contributed by atoms with E-state index in [1.165, 1.54) is 12.8 Å². The Morgan fingerprint density at radius 1 is 1.00 bits per heavy atom. The SMILES string of the molecule is C1CCOC1.[Br][Zn][CH2][Zn][CH2][Zn][Br]. The molecule has 0 aliphatic carbocycles. The average molecular weight is 456 g/mol. The standard InChI is InChI=1S/C4H8O.2CH2.2BrH.3Zn/c1-2-4-5-3-1;;;;;;;/h1-4H2;2*1H2;2*1H;;;/q;;;;;;2*+1/p-2. The maximum atomic E-state index is 4.94. The van der Waals surface area contributed by atoms with Crippen molar-refractivity contribution in [2.24, 2.45) is 0 Å². The molecule has 0 radical (unpaired) electrons. The molecule has 1 aliphatic rings. The number of halogens is 2. The van der Waals surface area contributed by atoms with Gasteiger partial charge in [-0.2, -0.15) is 0 Å². The minimum absolute atomic E-state index is 0.0399. The molecule has 1 fully saturated rings. The molecule has 62 valence electrons. The molecule has 0 bridgehead atoms. The molecule has 0 spiro atoms. The summed E-state index contributed by atoms with van der Waals surface area (Å²) in [5, 5.41) is 0. The molecule has 0 aromatic rings. The zero-order chi connectivity index (χ0) is 9.07. The van der Waals surface area contributed by atoms with Crippen molar-refractivity contribution in [1.82, 2.24) is 0 Å².